The first-order chi connectivity index (χ1) is 19.9. The van der Waals surface area contributed by atoms with Gasteiger partial charge in [0.1, 0.15) is 17.5 Å². The van der Waals surface area contributed by atoms with Crippen molar-refractivity contribution < 1.29 is 19.0 Å². The fourth-order valence-corrected chi connectivity index (χ4v) is 6.18. The third kappa shape index (κ3) is 5.67. The van der Waals surface area contributed by atoms with Crippen molar-refractivity contribution in [2.24, 2.45) is 4.99 Å². The molecule has 0 amide bonds. The fourth-order valence-electron chi connectivity index (χ4n) is 4.89. The number of carbonyl (C=O) groups is 1. The number of halogens is 1. The first-order valence-corrected chi connectivity index (χ1v) is 14.9. The molecule has 1 aliphatic heterocycles. The molecule has 0 spiro atoms. The molecule has 0 unspecified atom stereocenters. The van der Waals surface area contributed by atoms with Crippen molar-refractivity contribution in [3.63, 3.8) is 0 Å². The lowest BCUT2D eigenvalue weighted by Crippen LogP contribution is -2.40. The van der Waals surface area contributed by atoms with Gasteiger partial charge in [-0.3, -0.25) is 9.36 Å². The number of ether oxygens (including phenoxy) is 3. The maximum absolute atomic E-state index is 14.1. The van der Waals surface area contributed by atoms with Crippen molar-refractivity contribution >= 4 is 39.3 Å². The summed E-state index contributed by atoms with van der Waals surface area (Å²) < 4.78 is 21.8. The molecule has 0 N–H and O–H groups in total. The lowest BCUT2D eigenvalue weighted by atomic mass is 9.93. The molecule has 41 heavy (non-hydrogen) atoms. The van der Waals surface area contributed by atoms with Gasteiger partial charge in [0.2, 0.25) is 0 Å². The van der Waals surface area contributed by atoms with Crippen LogP contribution in [0.4, 0.5) is 0 Å². The number of hydrogen-bond acceptors (Lipinski definition) is 7. The van der Waals surface area contributed by atoms with Gasteiger partial charge in [-0.2, -0.15) is 0 Å². The second kappa shape index (κ2) is 12.3. The van der Waals surface area contributed by atoms with Crippen LogP contribution in [0.25, 0.3) is 11.8 Å². The van der Waals surface area contributed by atoms with Gasteiger partial charge >= 0.3 is 5.97 Å². The number of fused-ring (bicyclic) bond motifs is 1. The van der Waals surface area contributed by atoms with Crippen molar-refractivity contribution in [1.29, 1.82) is 0 Å². The Bertz CT molecular complexity index is 1800. The molecule has 0 bridgehead atoms. The van der Waals surface area contributed by atoms with E-state index in [0.717, 1.165) is 22.1 Å². The molecule has 0 radical (unpaired) electrons. The van der Waals surface area contributed by atoms with E-state index in [1.54, 1.807) is 43.9 Å². The topological polar surface area (TPSA) is 84.0 Å². The zero-order valence-corrected chi connectivity index (χ0v) is 25.6. The molecule has 1 aliphatic rings. The summed E-state index contributed by atoms with van der Waals surface area (Å²) in [6.45, 7) is 3.98. The summed E-state index contributed by atoms with van der Waals surface area (Å²) in [5.41, 5.74) is 3.18. The number of benzene rings is 2. The quantitative estimate of drug-likeness (QED) is 0.238. The summed E-state index contributed by atoms with van der Waals surface area (Å²) in [5.74, 6) is 0.599. The highest BCUT2D eigenvalue weighted by molar-refractivity contribution is 9.10. The van der Waals surface area contributed by atoms with E-state index in [4.69, 9.17) is 19.2 Å². The normalized spacial score (nSPS) is 15.0. The minimum absolute atomic E-state index is 0.198. The van der Waals surface area contributed by atoms with Crippen molar-refractivity contribution in [1.82, 2.24) is 9.13 Å². The van der Waals surface area contributed by atoms with Crippen molar-refractivity contribution in [2.75, 3.05) is 20.8 Å². The third-order valence-electron chi connectivity index (χ3n) is 6.76. The van der Waals surface area contributed by atoms with Gasteiger partial charge in [0.15, 0.2) is 4.80 Å². The van der Waals surface area contributed by atoms with Gasteiger partial charge in [0, 0.05) is 28.1 Å². The molecule has 1 atom stereocenters. The van der Waals surface area contributed by atoms with Crippen LogP contribution in [0.5, 0.6) is 11.5 Å². The predicted molar refractivity (Wildman–Crippen MR) is 163 cm³/mol. The number of esters is 1. The first kappa shape index (κ1) is 28.6. The second-order valence-electron chi connectivity index (χ2n) is 9.35. The number of thiazole rings is 1. The number of hydrogen-bond donors (Lipinski definition) is 0. The Kier molecular flexibility index (Phi) is 8.60. The maximum atomic E-state index is 14.1. The summed E-state index contributed by atoms with van der Waals surface area (Å²) in [5, 5.41) is 0. The second-order valence-corrected chi connectivity index (χ2v) is 11.3. The number of aromatic nitrogens is 2. The minimum atomic E-state index is -0.800. The van der Waals surface area contributed by atoms with E-state index in [1.807, 2.05) is 60.3 Å². The number of allylic oxidation sites excluding steroid dienone is 1. The predicted octanol–water partition coefficient (Wildman–Crippen LogP) is 5.15. The van der Waals surface area contributed by atoms with Gasteiger partial charge in [0.25, 0.3) is 5.56 Å². The fraction of sp³-hybridized carbons (Fsp3) is 0.258. The molecule has 2 aromatic carbocycles. The van der Waals surface area contributed by atoms with E-state index in [1.165, 1.54) is 11.3 Å². The van der Waals surface area contributed by atoms with Gasteiger partial charge < -0.3 is 18.8 Å². The molecular formula is C31H30BrN3O5S. The summed E-state index contributed by atoms with van der Waals surface area (Å²) in [4.78, 5) is 32.9. The molecular weight excluding hydrogens is 606 g/mol. The van der Waals surface area contributed by atoms with Gasteiger partial charge in [0.05, 0.1) is 36.6 Å². The average Bonchev–Trinajstić information content (AvgIpc) is 3.56. The molecule has 0 saturated carbocycles. The van der Waals surface area contributed by atoms with Crippen molar-refractivity contribution in [2.45, 2.75) is 32.7 Å². The summed E-state index contributed by atoms with van der Waals surface area (Å²) in [6.07, 6.45) is 7.09. The summed E-state index contributed by atoms with van der Waals surface area (Å²) in [6, 6.07) is 14.5. The van der Waals surface area contributed by atoms with Crippen molar-refractivity contribution in [3.05, 3.63) is 107 Å². The molecule has 0 fully saturated rings. The minimum Gasteiger partial charge on any atom is -0.497 e. The van der Waals surface area contributed by atoms with E-state index in [-0.39, 0.29) is 12.2 Å². The van der Waals surface area contributed by atoms with Crippen LogP contribution in [0.2, 0.25) is 0 Å². The van der Waals surface area contributed by atoms with Crippen LogP contribution in [0.1, 0.15) is 43.9 Å². The van der Waals surface area contributed by atoms with Gasteiger partial charge in [-0.25, -0.2) is 9.79 Å². The van der Waals surface area contributed by atoms with Crippen LogP contribution < -0.4 is 24.4 Å². The van der Waals surface area contributed by atoms with Crippen LogP contribution in [-0.2, 0) is 9.53 Å². The molecule has 0 aliphatic carbocycles. The highest BCUT2D eigenvalue weighted by Crippen LogP contribution is 2.38. The zero-order valence-electron chi connectivity index (χ0n) is 23.2. The number of carbonyl (C=O) groups excluding carboxylic acids is 1. The van der Waals surface area contributed by atoms with Crippen LogP contribution >= 0.6 is 27.3 Å². The standard InChI is InChI=1S/C31H30BrN3O5S/c1-5-7-24-27(30(37)40-6-2)28(23-17-22(38-3)12-13-25(23)39-4)35-29(36)26(41-31(35)33-24)16-19-14-15-34(18-19)21-10-8-20(32)9-11-21/h8-18,28H,5-7H2,1-4H3/b26-16-/t28-/m0/s1. The zero-order chi connectivity index (χ0) is 29.1. The Balaban J connectivity index is 1.72. The monoisotopic (exact) mass is 635 g/mol. The van der Waals surface area contributed by atoms with E-state index in [0.29, 0.717) is 44.1 Å². The Labute approximate surface area is 250 Å². The Hall–Kier alpha value is -3.89. The molecule has 8 nitrogen and oxygen atoms in total. The SMILES string of the molecule is CCCC1=C(C(=O)OCC)[C@H](c2cc(OC)ccc2OC)n2c(s/c(=C\c3ccn(-c4ccc(Br)cc4)c3)c2=O)=N1. The lowest BCUT2D eigenvalue weighted by Gasteiger charge is -2.27. The van der Waals surface area contributed by atoms with Gasteiger partial charge in [-0.1, -0.05) is 40.6 Å². The van der Waals surface area contributed by atoms with Crippen LogP contribution in [0, 0.1) is 0 Å². The number of rotatable bonds is 9. The highest BCUT2D eigenvalue weighted by Gasteiger charge is 2.36. The highest BCUT2D eigenvalue weighted by atomic mass is 79.9. The molecule has 2 aromatic heterocycles. The maximum Gasteiger partial charge on any atom is 0.338 e. The average molecular weight is 637 g/mol. The van der Waals surface area contributed by atoms with Crippen LogP contribution in [0.3, 0.4) is 0 Å². The molecule has 3 heterocycles. The molecule has 212 valence electrons. The largest absolute Gasteiger partial charge is 0.497 e. The first-order valence-electron chi connectivity index (χ1n) is 13.3. The summed E-state index contributed by atoms with van der Waals surface area (Å²) in [7, 11) is 3.13. The summed E-state index contributed by atoms with van der Waals surface area (Å²) >= 11 is 4.77. The number of methoxy groups -OCH3 is 2. The number of nitrogens with zero attached hydrogens (tertiary/aromatic N) is 3. The Morgan fingerprint density at radius 2 is 1.88 bits per heavy atom. The van der Waals surface area contributed by atoms with E-state index < -0.39 is 12.0 Å². The van der Waals surface area contributed by atoms with Gasteiger partial charge in [-0.05, 0) is 73.5 Å². The smallest absolute Gasteiger partial charge is 0.338 e. The molecule has 0 saturated heterocycles. The van der Waals surface area contributed by atoms with Crippen molar-refractivity contribution in [3.8, 4) is 17.2 Å². The Morgan fingerprint density at radius 1 is 1.10 bits per heavy atom. The molecule has 4 aromatic rings. The van der Waals surface area contributed by atoms with Gasteiger partial charge in [-0.15, -0.1) is 0 Å². The van der Waals surface area contributed by atoms with E-state index >= 15 is 0 Å². The van der Waals surface area contributed by atoms with E-state index in [2.05, 4.69) is 15.9 Å². The molecule has 5 rings (SSSR count). The lowest BCUT2D eigenvalue weighted by molar-refractivity contribution is -0.139. The van der Waals surface area contributed by atoms with Crippen LogP contribution in [0.15, 0.2) is 86.5 Å². The van der Waals surface area contributed by atoms with Crippen LogP contribution in [-0.4, -0.2) is 35.9 Å². The van der Waals surface area contributed by atoms with E-state index in [9.17, 15) is 9.59 Å². The molecule has 10 heteroatoms. The third-order valence-corrected chi connectivity index (χ3v) is 8.27. The Morgan fingerprint density at radius 3 is 2.56 bits per heavy atom.